The van der Waals surface area contributed by atoms with Crippen molar-refractivity contribution in [3.8, 4) is 5.75 Å². The highest BCUT2D eigenvalue weighted by atomic mass is 33.1. The Morgan fingerprint density at radius 2 is 1.38 bits per heavy atom. The lowest BCUT2D eigenvalue weighted by atomic mass is 9.85. The molecule has 420 valence electrons. The number of methoxy groups -OCH3 is 1. The number of nitrogens with two attached hydrogens (primary N) is 4. The summed E-state index contributed by atoms with van der Waals surface area (Å²) in [6.07, 6.45) is 3.06. The Morgan fingerprint density at radius 3 is 2.00 bits per heavy atom. The molecule has 26 heteroatoms. The van der Waals surface area contributed by atoms with Crippen LogP contribution in [-0.4, -0.2) is 150 Å². The molecule has 2 aromatic carbocycles. The fraction of sp³-hybridized carbons (Fsp3) is 0.549. The molecular weight excluding hydrogens is 1030 g/mol. The fourth-order valence-corrected chi connectivity index (χ4v) is 12.8. The van der Waals surface area contributed by atoms with E-state index in [0.717, 1.165) is 19.3 Å². The first-order valence-electron chi connectivity index (χ1n) is 25.7. The van der Waals surface area contributed by atoms with E-state index >= 15 is 0 Å². The second-order valence-corrected chi connectivity index (χ2v) is 22.2. The molecule has 3 fully saturated rings. The van der Waals surface area contributed by atoms with Crippen molar-refractivity contribution in [3.05, 3.63) is 65.7 Å². The third-order valence-corrected chi connectivity index (χ3v) is 16.8. The van der Waals surface area contributed by atoms with Gasteiger partial charge in [0.15, 0.2) is 5.96 Å². The highest BCUT2D eigenvalue weighted by Gasteiger charge is 2.42. The lowest BCUT2D eigenvalue weighted by Gasteiger charge is -2.37. The Hall–Kier alpha value is -7.09. The van der Waals surface area contributed by atoms with Gasteiger partial charge in [0.1, 0.15) is 48.0 Å². The summed E-state index contributed by atoms with van der Waals surface area (Å²) in [6.45, 7) is 0.291. The Bertz CT molecular complexity index is 2440. The molecule has 1 saturated carbocycles. The van der Waals surface area contributed by atoms with Crippen LogP contribution < -0.4 is 64.9 Å². The summed E-state index contributed by atoms with van der Waals surface area (Å²) in [5.74, 6) is -7.41. The molecule has 1 spiro atoms. The van der Waals surface area contributed by atoms with Gasteiger partial charge in [0.05, 0.1) is 13.5 Å². The Balaban J connectivity index is 1.54. The van der Waals surface area contributed by atoms with Crippen LogP contribution in [0.4, 0.5) is 0 Å². The first-order chi connectivity index (χ1) is 36.8. The van der Waals surface area contributed by atoms with Crippen molar-refractivity contribution in [2.24, 2.45) is 27.9 Å². The van der Waals surface area contributed by atoms with E-state index in [-0.39, 0.29) is 63.3 Å². The summed E-state index contributed by atoms with van der Waals surface area (Å²) < 4.78 is 4.62. The number of likely N-dealkylation sites (tertiary alicyclic amines) is 1. The van der Waals surface area contributed by atoms with Gasteiger partial charge >= 0.3 is 0 Å². The van der Waals surface area contributed by atoms with Crippen LogP contribution in [0.5, 0.6) is 5.75 Å². The number of amides is 10. The average Bonchev–Trinajstić information content (AvgIpc) is 3.90. The van der Waals surface area contributed by atoms with Crippen LogP contribution in [0.1, 0.15) is 94.6 Å². The topological polar surface area (TPSA) is 384 Å². The molecule has 7 atom stereocenters. The molecule has 24 nitrogen and oxygen atoms in total. The van der Waals surface area contributed by atoms with Gasteiger partial charge in [-0.2, -0.15) is 0 Å². The molecular formula is C51H73N13O11S2. The lowest BCUT2D eigenvalue weighted by molar-refractivity contribution is -0.142. The summed E-state index contributed by atoms with van der Waals surface area (Å²) in [4.78, 5) is 144. The standard InChI is InChI=1S/C51H73N13O11S2/c1-56-43(68)33(13-9-23-57-50(54)55)60-48(73)39-14-10-24-64(39)49(74)38-29-76-77-51(21-7-4-8-22-51)28-42(67)58-35(26-31-15-17-32(75-2)18-16-31)45(70)61-36(25-30-11-5-3-6-12-30)46(71)59-34(19-20-40(52)65)44(69)62-37(27-41(53)66)47(72)63-38/h3,5-6,11-12,15-18,33-39H,4,7-10,13-14,19-29H2,1-2H3,(H2,52,65)(H2,53,66)(H,56,68)(H,58,67)(H,59,71)(H,60,73)(H,61,70)(H,62,69)(H,63,72)(H4,54,55,57)/t33-,34-,35?,36-,37?,38?,39-/m0/s1. The van der Waals surface area contributed by atoms with E-state index in [1.807, 2.05) is 0 Å². The number of hydrogen-bond donors (Lipinski definition) is 11. The minimum Gasteiger partial charge on any atom is -0.497 e. The van der Waals surface area contributed by atoms with Gasteiger partial charge in [-0.15, -0.1) is 0 Å². The van der Waals surface area contributed by atoms with E-state index in [4.69, 9.17) is 27.7 Å². The van der Waals surface area contributed by atoms with E-state index in [0.29, 0.717) is 42.6 Å². The number of benzene rings is 2. The van der Waals surface area contributed by atoms with Crippen molar-refractivity contribution in [2.75, 3.05) is 33.0 Å². The molecule has 2 heterocycles. The number of guanidine groups is 1. The fourth-order valence-electron chi connectivity index (χ4n) is 9.46. The van der Waals surface area contributed by atoms with Crippen LogP contribution in [-0.2, 0) is 60.8 Å². The minimum absolute atomic E-state index is 0.00587. The molecule has 3 unspecified atom stereocenters. The largest absolute Gasteiger partial charge is 0.497 e. The number of ether oxygens (including phenoxy) is 1. The molecule has 0 radical (unpaired) electrons. The maximum absolute atomic E-state index is 14.9. The molecule has 3 aliphatic rings. The Kier molecular flexibility index (Phi) is 23.7. The zero-order valence-corrected chi connectivity index (χ0v) is 45.1. The third-order valence-electron chi connectivity index (χ3n) is 13.5. The quantitative estimate of drug-likeness (QED) is 0.0362. The van der Waals surface area contributed by atoms with Crippen molar-refractivity contribution in [1.82, 2.24) is 42.1 Å². The van der Waals surface area contributed by atoms with Gasteiger partial charge in [-0.25, -0.2) is 0 Å². The van der Waals surface area contributed by atoms with Gasteiger partial charge in [-0.3, -0.25) is 52.9 Å². The van der Waals surface area contributed by atoms with Crippen molar-refractivity contribution in [3.63, 3.8) is 0 Å². The van der Waals surface area contributed by atoms with Crippen LogP contribution in [0.25, 0.3) is 0 Å². The number of aliphatic imine (C=N–C) groups is 1. The van der Waals surface area contributed by atoms with Crippen LogP contribution >= 0.6 is 21.6 Å². The van der Waals surface area contributed by atoms with Gasteiger partial charge in [0.2, 0.25) is 59.1 Å². The van der Waals surface area contributed by atoms with Crippen LogP contribution in [0, 0.1) is 0 Å². The summed E-state index contributed by atoms with van der Waals surface area (Å²) in [5.41, 5.74) is 23.3. The third kappa shape index (κ3) is 19.2. The van der Waals surface area contributed by atoms with Crippen LogP contribution in [0.2, 0.25) is 0 Å². The molecule has 77 heavy (non-hydrogen) atoms. The molecule has 0 bridgehead atoms. The summed E-state index contributed by atoms with van der Waals surface area (Å²) >= 11 is 0. The number of rotatable bonds is 18. The number of hydrogen-bond acceptors (Lipinski definition) is 14. The first kappa shape index (κ1) is 60.8. The molecule has 5 rings (SSSR count). The molecule has 1 aliphatic carbocycles. The zero-order valence-electron chi connectivity index (χ0n) is 43.5. The number of carbonyl (C=O) groups excluding carboxylic acids is 10. The number of carbonyl (C=O) groups is 10. The van der Waals surface area contributed by atoms with Crippen LogP contribution in [0.15, 0.2) is 59.6 Å². The smallest absolute Gasteiger partial charge is 0.246 e. The Labute approximate surface area is 455 Å². The van der Waals surface area contributed by atoms with Gasteiger partial charge < -0.3 is 69.8 Å². The van der Waals surface area contributed by atoms with Gasteiger partial charge in [0, 0.05) is 56.3 Å². The van der Waals surface area contributed by atoms with Crippen molar-refractivity contribution < 1.29 is 52.7 Å². The zero-order chi connectivity index (χ0) is 56.1. The highest BCUT2D eigenvalue weighted by molar-refractivity contribution is 8.77. The number of primary amides is 2. The first-order valence-corrected chi connectivity index (χ1v) is 28.0. The number of nitrogens with zero attached hydrogens (tertiary/aromatic N) is 2. The van der Waals surface area contributed by atoms with E-state index < -0.39 is 119 Å². The lowest BCUT2D eigenvalue weighted by Crippen LogP contribution is -2.61. The second-order valence-electron chi connectivity index (χ2n) is 19.4. The van der Waals surface area contributed by atoms with Crippen molar-refractivity contribution >= 4 is 86.6 Å². The molecule has 2 aromatic rings. The van der Waals surface area contributed by atoms with Crippen molar-refractivity contribution in [1.29, 1.82) is 0 Å². The SMILES string of the molecule is CNC(=O)[C@H](CCCN=C(N)N)NC(=O)[C@@H]1CCCN1C(=O)C1CSSC2(CCCCC2)CC(=O)NC(Cc2ccc(OC)cc2)C(=O)N[C@@H](Cc2ccccc2)C(=O)N[C@@H](CCC(N)=O)C(=O)NC(CC(N)=O)C(=O)N1. The Morgan fingerprint density at radius 1 is 0.766 bits per heavy atom. The maximum Gasteiger partial charge on any atom is 0.246 e. The predicted octanol–water partition coefficient (Wildman–Crippen LogP) is -1.19. The minimum atomic E-state index is -1.73. The van der Waals surface area contributed by atoms with E-state index in [1.54, 1.807) is 54.6 Å². The predicted molar refractivity (Wildman–Crippen MR) is 290 cm³/mol. The van der Waals surface area contributed by atoms with E-state index in [2.05, 4.69) is 42.2 Å². The van der Waals surface area contributed by atoms with Gasteiger partial charge in [0.25, 0.3) is 0 Å². The molecule has 10 amide bonds. The summed E-state index contributed by atoms with van der Waals surface area (Å²) in [7, 11) is 5.51. The van der Waals surface area contributed by atoms with Crippen LogP contribution in [0.3, 0.4) is 0 Å². The molecule has 2 saturated heterocycles. The summed E-state index contributed by atoms with van der Waals surface area (Å²) in [5, 5.41) is 18.8. The maximum atomic E-state index is 14.9. The normalized spacial score (nSPS) is 23.1. The molecule has 0 aromatic heterocycles. The summed E-state index contributed by atoms with van der Waals surface area (Å²) in [6, 6.07) is 6.26. The monoisotopic (exact) mass is 1110 g/mol. The van der Waals surface area contributed by atoms with E-state index in [9.17, 15) is 47.9 Å². The highest BCUT2D eigenvalue weighted by Crippen LogP contribution is 2.48. The average molecular weight is 1110 g/mol. The van der Waals surface area contributed by atoms with E-state index in [1.165, 1.54) is 40.6 Å². The number of likely N-dealkylation sites (N-methyl/N-ethyl adjacent to an activating group) is 1. The molecule has 15 N–H and O–H groups in total. The molecule has 2 aliphatic heterocycles. The second kappa shape index (κ2) is 30.0. The van der Waals surface area contributed by atoms with Crippen molar-refractivity contribution in [2.45, 2.75) is 143 Å². The van der Waals surface area contributed by atoms with Gasteiger partial charge in [-0.05, 0) is 68.2 Å². The number of nitrogens with one attached hydrogen (secondary N) is 7. The van der Waals surface area contributed by atoms with Gasteiger partial charge in [-0.1, -0.05) is 83.3 Å².